The Hall–Kier alpha value is -4.21. The van der Waals surface area contributed by atoms with Gasteiger partial charge in [0.25, 0.3) is 0 Å². The smallest absolute Gasteiger partial charge is 0.311 e. The summed E-state index contributed by atoms with van der Waals surface area (Å²) in [6.07, 6.45) is -7.78. The first-order valence-corrected chi connectivity index (χ1v) is 17.8. The second kappa shape index (κ2) is 15.0. The number of hydrogen-bond donors (Lipinski definition) is 5. The molecular weight excluding hydrogens is 669 g/mol. The number of anilines is 1. The molecule has 2 heterocycles. The van der Waals surface area contributed by atoms with Gasteiger partial charge in [0.1, 0.15) is 47.8 Å². The summed E-state index contributed by atoms with van der Waals surface area (Å²) >= 11 is 0. The van der Waals surface area contributed by atoms with Gasteiger partial charge in [0.15, 0.2) is 0 Å². The normalized spacial score (nSPS) is 25.9. The van der Waals surface area contributed by atoms with E-state index < -0.39 is 59.1 Å². The van der Waals surface area contributed by atoms with Crippen LogP contribution in [0.4, 0.5) is 10.1 Å². The first-order valence-electron chi connectivity index (χ1n) is 16.2. The highest BCUT2D eigenvalue weighted by Gasteiger charge is 2.48. The highest BCUT2D eigenvalue weighted by molar-refractivity contribution is 7.87. The van der Waals surface area contributed by atoms with Gasteiger partial charge in [0.2, 0.25) is 5.91 Å². The average molecular weight is 708 g/mol. The van der Waals surface area contributed by atoms with Crippen LogP contribution in [0.25, 0.3) is 11.1 Å². The zero-order chi connectivity index (χ0) is 35.6. The number of nitrogens with zero attached hydrogens (tertiary/aromatic N) is 1. The number of β-lactam (4-membered cyclic amide) rings is 1. The third-order valence-corrected chi connectivity index (χ3v) is 10.5. The molecule has 1 amide bonds. The fourth-order valence-electron chi connectivity index (χ4n) is 6.55. The Morgan fingerprint density at radius 3 is 2.02 bits per heavy atom. The predicted molar refractivity (Wildman–Crippen MR) is 181 cm³/mol. The second-order valence-electron chi connectivity index (χ2n) is 12.6. The van der Waals surface area contributed by atoms with E-state index in [1.807, 2.05) is 54.6 Å². The van der Waals surface area contributed by atoms with Crippen molar-refractivity contribution in [1.82, 2.24) is 0 Å². The van der Waals surface area contributed by atoms with Crippen molar-refractivity contribution in [3.8, 4) is 16.9 Å². The lowest BCUT2D eigenvalue weighted by atomic mass is 9.78. The molecule has 0 aromatic heterocycles. The summed E-state index contributed by atoms with van der Waals surface area (Å²) in [7, 11) is -4.32. The molecule has 8 atom stereocenters. The van der Waals surface area contributed by atoms with Crippen LogP contribution < -0.4 is 9.08 Å². The van der Waals surface area contributed by atoms with Crippen molar-refractivity contribution in [2.45, 2.75) is 55.5 Å². The standard InChI is InChI=1S/C37H38FNO10S/c38-26-14-10-24(11-15-26)30(41)19-18-29-33(39(37(29)45)27-4-2-1-3-5-27)25-8-6-22(7-9-25)23-12-16-28(17-13-23)49-50(46,47)21-32-35(43)36(44)34(42)31(20-40)48-32/h1-17,29-36,40-44H,18-21H2/t29-,30+,31-,32?,33-,34-,35+,36+/m1/s1. The third kappa shape index (κ3) is 7.59. The molecule has 2 aliphatic rings. The zero-order valence-electron chi connectivity index (χ0n) is 26.8. The van der Waals surface area contributed by atoms with Gasteiger partial charge in [-0.15, -0.1) is 0 Å². The van der Waals surface area contributed by atoms with Gasteiger partial charge in [-0.25, -0.2) is 4.39 Å². The molecule has 0 radical (unpaired) electrons. The molecule has 4 aromatic rings. The van der Waals surface area contributed by atoms with E-state index in [1.165, 1.54) is 36.4 Å². The molecule has 5 N–H and O–H groups in total. The third-order valence-electron chi connectivity index (χ3n) is 9.28. The predicted octanol–water partition coefficient (Wildman–Crippen LogP) is 3.26. The van der Waals surface area contributed by atoms with Crippen LogP contribution in [0.1, 0.15) is 36.1 Å². The van der Waals surface area contributed by atoms with Crippen molar-refractivity contribution < 1.29 is 52.1 Å². The van der Waals surface area contributed by atoms with Crippen LogP contribution in [-0.2, 0) is 19.6 Å². The Labute approximate surface area is 288 Å². The first-order chi connectivity index (χ1) is 24.0. The number of carbonyl (C=O) groups excluding carboxylic acids is 1. The van der Waals surface area contributed by atoms with Gasteiger partial charge in [-0.1, -0.05) is 66.7 Å². The summed E-state index contributed by atoms with van der Waals surface area (Å²) in [5, 5.41) is 50.2. The van der Waals surface area contributed by atoms with Crippen LogP contribution in [0.3, 0.4) is 0 Å². The molecule has 0 spiro atoms. The Morgan fingerprint density at radius 2 is 1.40 bits per heavy atom. The number of benzene rings is 4. The molecule has 1 unspecified atom stereocenters. The van der Waals surface area contributed by atoms with Crippen LogP contribution in [-0.4, -0.2) is 82.7 Å². The molecule has 0 bridgehead atoms. The molecule has 11 nitrogen and oxygen atoms in total. The fourth-order valence-corrected chi connectivity index (χ4v) is 7.70. The van der Waals surface area contributed by atoms with Gasteiger partial charge in [0, 0.05) is 5.69 Å². The summed E-state index contributed by atoms with van der Waals surface area (Å²) in [6.45, 7) is -0.682. The molecule has 2 fully saturated rings. The summed E-state index contributed by atoms with van der Waals surface area (Å²) < 4.78 is 49.4. The molecule has 4 aromatic carbocycles. The molecule has 13 heteroatoms. The van der Waals surface area contributed by atoms with Gasteiger partial charge < -0.3 is 39.4 Å². The average Bonchev–Trinajstić information content (AvgIpc) is 3.11. The topological polar surface area (TPSA) is 174 Å². The number of hydrogen-bond acceptors (Lipinski definition) is 10. The van der Waals surface area contributed by atoms with Crippen LogP contribution in [0.2, 0.25) is 0 Å². The minimum atomic E-state index is -4.32. The van der Waals surface area contributed by atoms with Crippen molar-refractivity contribution in [1.29, 1.82) is 0 Å². The maximum absolute atomic E-state index is 13.4. The molecule has 2 saturated heterocycles. The lowest BCUT2D eigenvalue weighted by molar-refractivity contribution is -0.223. The first kappa shape index (κ1) is 35.6. The number of para-hydroxylation sites is 1. The van der Waals surface area contributed by atoms with Crippen molar-refractivity contribution in [3.63, 3.8) is 0 Å². The van der Waals surface area contributed by atoms with Crippen LogP contribution in [0.15, 0.2) is 103 Å². The van der Waals surface area contributed by atoms with Crippen molar-refractivity contribution in [3.05, 3.63) is 120 Å². The molecule has 2 aliphatic heterocycles. The summed E-state index contributed by atoms with van der Waals surface area (Å²) in [5.41, 5.74) is 3.84. The largest absolute Gasteiger partial charge is 0.394 e. The molecule has 264 valence electrons. The van der Waals surface area contributed by atoms with Gasteiger partial charge in [0.05, 0.1) is 24.7 Å². The lowest BCUT2D eigenvalue weighted by Gasteiger charge is -2.48. The Balaban J connectivity index is 1.13. The molecule has 0 aliphatic carbocycles. The maximum Gasteiger partial charge on any atom is 0.311 e. The van der Waals surface area contributed by atoms with E-state index in [4.69, 9.17) is 8.92 Å². The molecule has 0 saturated carbocycles. The van der Waals surface area contributed by atoms with Crippen LogP contribution >= 0.6 is 0 Å². The Bertz CT molecular complexity index is 1860. The Kier molecular flexibility index (Phi) is 10.6. The lowest BCUT2D eigenvalue weighted by Crippen LogP contribution is -2.60. The van der Waals surface area contributed by atoms with E-state index in [0.29, 0.717) is 18.4 Å². The van der Waals surface area contributed by atoms with E-state index in [0.717, 1.165) is 22.4 Å². The van der Waals surface area contributed by atoms with E-state index in [1.54, 1.807) is 17.0 Å². The van der Waals surface area contributed by atoms with Gasteiger partial charge in [-0.3, -0.25) is 4.79 Å². The number of halogens is 1. The molecular formula is C37H38FNO10S. The van der Waals surface area contributed by atoms with E-state index >= 15 is 0 Å². The monoisotopic (exact) mass is 707 g/mol. The highest BCUT2D eigenvalue weighted by Crippen LogP contribution is 2.46. The number of amides is 1. The quantitative estimate of drug-likeness (QED) is 0.109. The van der Waals surface area contributed by atoms with Crippen LogP contribution in [0, 0.1) is 11.7 Å². The maximum atomic E-state index is 13.4. The van der Waals surface area contributed by atoms with E-state index in [9.17, 15) is 43.1 Å². The van der Waals surface area contributed by atoms with Gasteiger partial charge in [-0.05, 0) is 71.5 Å². The summed E-state index contributed by atoms with van der Waals surface area (Å²) in [5.74, 6) is -1.63. The highest BCUT2D eigenvalue weighted by atomic mass is 32.2. The number of ether oxygens (including phenoxy) is 1. The Morgan fingerprint density at radius 1 is 0.800 bits per heavy atom. The van der Waals surface area contributed by atoms with Crippen molar-refractivity contribution in [2.75, 3.05) is 17.3 Å². The van der Waals surface area contributed by atoms with Crippen molar-refractivity contribution in [2.24, 2.45) is 5.92 Å². The number of aliphatic hydroxyl groups excluding tert-OH is 5. The minimum absolute atomic E-state index is 0.00658. The van der Waals surface area contributed by atoms with E-state index in [2.05, 4.69) is 0 Å². The molecule has 50 heavy (non-hydrogen) atoms. The number of carbonyl (C=O) groups is 1. The second-order valence-corrected chi connectivity index (χ2v) is 14.2. The molecule has 6 rings (SSSR count). The van der Waals surface area contributed by atoms with Crippen molar-refractivity contribution >= 4 is 21.7 Å². The fraction of sp³-hybridized carbons (Fsp3) is 0.324. The summed E-state index contributed by atoms with van der Waals surface area (Å²) in [6, 6.07) is 28.7. The zero-order valence-corrected chi connectivity index (χ0v) is 27.6. The van der Waals surface area contributed by atoms with E-state index in [-0.39, 0.29) is 29.4 Å². The minimum Gasteiger partial charge on any atom is -0.394 e. The van der Waals surface area contributed by atoms with Crippen LogP contribution in [0.5, 0.6) is 5.75 Å². The summed E-state index contributed by atoms with van der Waals surface area (Å²) in [4.78, 5) is 15.2. The SMILES string of the molecule is O=C1[C@H](CC[C@H](O)c2ccc(F)cc2)[C@@H](c2ccc(-c3ccc(OS(=O)(=O)CC4O[C@H](CO)[C@@H](O)[C@H](O)[C@H]4O)cc3)cc2)N1c1ccccc1. The number of rotatable bonds is 12. The van der Waals surface area contributed by atoms with Gasteiger partial charge in [-0.2, -0.15) is 8.42 Å². The van der Waals surface area contributed by atoms with Gasteiger partial charge >= 0.3 is 10.1 Å². The number of aliphatic hydroxyl groups is 5.